The molecule has 1 aromatic heterocycles. The average Bonchev–Trinajstić information content (AvgIpc) is 3.77. The van der Waals surface area contributed by atoms with E-state index in [1.807, 2.05) is 12.3 Å². The zero-order valence-corrected chi connectivity index (χ0v) is 32.7. The number of fused-ring (bicyclic) bond motifs is 7. The molecule has 0 aromatic carbocycles. The van der Waals surface area contributed by atoms with Crippen molar-refractivity contribution in [2.45, 2.75) is 151 Å². The molecule has 0 saturated heterocycles. The number of nitrogens with zero attached hydrogens (tertiary/aromatic N) is 1. The summed E-state index contributed by atoms with van der Waals surface area (Å²) in [6.45, 7) is 18.4. The molecule has 8 unspecified atom stereocenters. The van der Waals surface area contributed by atoms with Crippen LogP contribution in [0.4, 0.5) is 0 Å². The summed E-state index contributed by atoms with van der Waals surface area (Å²) in [6.07, 6.45) is 14.4. The number of ether oxygens (including phenoxy) is 1. The van der Waals surface area contributed by atoms with Crippen LogP contribution >= 0.6 is 0 Å². The molecule has 0 bridgehead atoms. The Labute approximate surface area is 306 Å². The highest BCUT2D eigenvalue weighted by Crippen LogP contribution is 2.73. The van der Waals surface area contributed by atoms with Gasteiger partial charge in [0.15, 0.2) is 5.78 Å². The maximum atomic E-state index is 14.0. The van der Waals surface area contributed by atoms with E-state index in [0.717, 1.165) is 57.2 Å². The molecule has 1 aromatic rings. The molecule has 6 aliphatic carbocycles. The van der Waals surface area contributed by atoms with Crippen molar-refractivity contribution < 1.29 is 24.2 Å². The van der Waals surface area contributed by atoms with Gasteiger partial charge in [-0.3, -0.25) is 19.4 Å². The van der Waals surface area contributed by atoms with Crippen LogP contribution in [-0.2, 0) is 24.7 Å². The Bertz CT molecular complexity index is 1590. The lowest BCUT2D eigenvalue weighted by Gasteiger charge is -2.69. The van der Waals surface area contributed by atoms with Gasteiger partial charge in [0.2, 0.25) is 0 Å². The summed E-state index contributed by atoms with van der Waals surface area (Å²) < 4.78 is 6.17. The number of pyridine rings is 1. The molecular weight excluding hydrogens is 636 g/mol. The molecule has 0 radical (unpaired) electrons. The Morgan fingerprint density at radius 3 is 2.33 bits per heavy atom. The predicted octanol–water partition coefficient (Wildman–Crippen LogP) is 9.05. The Morgan fingerprint density at radius 2 is 1.69 bits per heavy atom. The van der Waals surface area contributed by atoms with Crippen LogP contribution in [0, 0.1) is 56.7 Å². The van der Waals surface area contributed by atoms with Crippen molar-refractivity contribution in [3.63, 3.8) is 0 Å². The van der Waals surface area contributed by atoms with Crippen LogP contribution in [-0.4, -0.2) is 40.5 Å². The van der Waals surface area contributed by atoms with E-state index in [2.05, 4.69) is 59.0 Å². The highest BCUT2D eigenvalue weighted by atomic mass is 16.5. The number of hydrogen-bond donors (Lipinski definition) is 2. The first kappa shape index (κ1) is 36.8. The molecule has 280 valence electrons. The van der Waals surface area contributed by atoms with Gasteiger partial charge in [0, 0.05) is 23.4 Å². The number of allylic oxidation sites excluding steroid dienone is 2. The normalized spacial score (nSPS) is 38.0. The molecule has 7 rings (SSSR count). The Hall–Kier alpha value is -2.54. The number of esters is 1. The quantitative estimate of drug-likeness (QED) is 0.235. The third-order valence-corrected chi connectivity index (χ3v) is 16.1. The largest absolute Gasteiger partial charge is 0.481 e. The van der Waals surface area contributed by atoms with Gasteiger partial charge in [-0.25, -0.2) is 0 Å². The maximum Gasteiger partial charge on any atom is 0.309 e. The molecule has 7 heteroatoms. The molecule has 0 aliphatic heterocycles. The minimum atomic E-state index is -1.14. The summed E-state index contributed by atoms with van der Waals surface area (Å²) in [5, 5.41) is 13.5. The van der Waals surface area contributed by atoms with Crippen LogP contribution in [0.15, 0.2) is 35.5 Å². The predicted molar refractivity (Wildman–Crippen MR) is 198 cm³/mol. The van der Waals surface area contributed by atoms with Crippen molar-refractivity contribution in [1.29, 1.82) is 0 Å². The molecule has 8 atom stereocenters. The van der Waals surface area contributed by atoms with Gasteiger partial charge in [-0.1, -0.05) is 53.2 Å². The van der Waals surface area contributed by atoms with Gasteiger partial charge in [0.25, 0.3) is 0 Å². The Morgan fingerprint density at radius 1 is 0.961 bits per heavy atom. The summed E-state index contributed by atoms with van der Waals surface area (Å²) in [5.41, 5.74) is 2.90. The summed E-state index contributed by atoms with van der Waals surface area (Å²) >= 11 is 0. The molecule has 1 heterocycles. The lowest BCUT2D eigenvalue weighted by molar-refractivity contribution is -0.213. The topological polar surface area (TPSA) is 106 Å². The van der Waals surface area contributed by atoms with Gasteiger partial charge in [0.05, 0.1) is 23.1 Å². The van der Waals surface area contributed by atoms with Gasteiger partial charge >= 0.3 is 11.9 Å². The first-order valence-corrected chi connectivity index (χ1v) is 20.3. The lowest BCUT2D eigenvalue weighted by atomic mass is 9.36. The second-order valence-electron chi connectivity index (χ2n) is 20.0. The molecular formula is C44H64N2O5. The van der Waals surface area contributed by atoms with Gasteiger partial charge in [-0.2, -0.15) is 0 Å². The number of hydrogen-bond acceptors (Lipinski definition) is 6. The van der Waals surface area contributed by atoms with Crippen LogP contribution in [0.25, 0.3) is 0 Å². The monoisotopic (exact) mass is 700 g/mol. The number of carboxylic acids is 1. The maximum absolute atomic E-state index is 14.0. The van der Waals surface area contributed by atoms with E-state index in [9.17, 15) is 19.5 Å². The van der Waals surface area contributed by atoms with Gasteiger partial charge in [-0.05, 0) is 149 Å². The van der Waals surface area contributed by atoms with E-state index >= 15 is 0 Å². The second-order valence-corrected chi connectivity index (χ2v) is 20.0. The van der Waals surface area contributed by atoms with Crippen LogP contribution < -0.4 is 5.32 Å². The van der Waals surface area contributed by atoms with Gasteiger partial charge in [0.1, 0.15) is 6.10 Å². The van der Waals surface area contributed by atoms with Crippen molar-refractivity contribution >= 4 is 17.7 Å². The van der Waals surface area contributed by atoms with E-state index in [-0.39, 0.29) is 45.6 Å². The number of carbonyl (C=O) groups is 3. The molecule has 5 fully saturated rings. The molecule has 0 spiro atoms. The fraction of sp³-hybridized carbons (Fsp3) is 0.773. The summed E-state index contributed by atoms with van der Waals surface area (Å²) in [4.78, 5) is 43.5. The lowest BCUT2D eigenvalue weighted by Crippen LogP contribution is -2.63. The highest BCUT2D eigenvalue weighted by Gasteiger charge is 2.66. The van der Waals surface area contributed by atoms with Crippen LogP contribution in [0.3, 0.4) is 0 Å². The highest BCUT2D eigenvalue weighted by molar-refractivity contribution is 6.00. The Kier molecular flexibility index (Phi) is 9.03. The second kappa shape index (κ2) is 12.5. The number of aromatic nitrogens is 1. The Balaban J connectivity index is 1.11. The fourth-order valence-corrected chi connectivity index (χ4v) is 13.4. The molecule has 5 saturated carbocycles. The summed E-state index contributed by atoms with van der Waals surface area (Å²) in [5.74, 6) is 1.39. The van der Waals surface area contributed by atoms with Crippen molar-refractivity contribution in [2.24, 2.45) is 56.7 Å². The van der Waals surface area contributed by atoms with Crippen LogP contribution in [0.5, 0.6) is 0 Å². The zero-order valence-electron chi connectivity index (χ0n) is 32.7. The van der Waals surface area contributed by atoms with Crippen LogP contribution in [0.2, 0.25) is 0 Å². The standard InChI is InChI=1S/C44H64N2O5/c1-27(2)36-30(47)25-43(22-24-46-44(20-21-44)33-11-9-10-23-45-33)19-14-29-28(37(36)43)12-13-32-41(29,7)17-15-31-40(5,6)34(16-18-42(31,32)8)51-35(48)26-39(3,4)38(49)50/h9-11,23,27-29,31-32,34,46H,12-22,24-26H2,1-8H3,(H,49,50). The number of carboxylic acid groups (broad SMARTS) is 1. The van der Waals surface area contributed by atoms with E-state index in [1.54, 1.807) is 19.4 Å². The van der Waals surface area contributed by atoms with Crippen molar-refractivity contribution in [2.75, 3.05) is 6.54 Å². The van der Waals surface area contributed by atoms with E-state index in [4.69, 9.17) is 9.72 Å². The fourth-order valence-electron chi connectivity index (χ4n) is 13.4. The number of rotatable bonds is 10. The van der Waals surface area contributed by atoms with Crippen molar-refractivity contribution in [3.05, 3.63) is 41.2 Å². The van der Waals surface area contributed by atoms with Gasteiger partial charge in [-0.15, -0.1) is 0 Å². The number of ketones is 1. The number of Topliss-reactive ketones (excluding diaryl/α,β-unsaturated/α-hetero) is 1. The van der Waals surface area contributed by atoms with E-state index < -0.39 is 17.4 Å². The summed E-state index contributed by atoms with van der Waals surface area (Å²) in [6, 6.07) is 6.24. The molecule has 7 nitrogen and oxygen atoms in total. The number of aliphatic carboxylic acids is 1. The molecule has 0 amide bonds. The molecule has 6 aliphatic rings. The van der Waals surface area contributed by atoms with Gasteiger partial charge < -0.3 is 15.2 Å². The number of carbonyl (C=O) groups excluding carboxylic acids is 2. The van der Waals surface area contributed by atoms with E-state index in [0.29, 0.717) is 35.9 Å². The first-order chi connectivity index (χ1) is 23.9. The third kappa shape index (κ3) is 5.85. The minimum Gasteiger partial charge on any atom is -0.481 e. The van der Waals surface area contributed by atoms with Crippen molar-refractivity contribution in [1.82, 2.24) is 10.3 Å². The summed E-state index contributed by atoms with van der Waals surface area (Å²) in [7, 11) is 0. The zero-order chi connectivity index (χ0) is 36.8. The minimum absolute atomic E-state index is 0.00224. The van der Waals surface area contributed by atoms with E-state index in [1.165, 1.54) is 31.3 Å². The average molecular weight is 701 g/mol. The smallest absolute Gasteiger partial charge is 0.309 e. The third-order valence-electron chi connectivity index (χ3n) is 16.1. The SMILES string of the molecule is CC(C)C1=C2C3CCC4C(C)(CCC5C(C)(C)C(OC(=O)CC(C)(C)C(=O)O)CCC54C)C3CCC2(CCNC2(c3ccccn3)CC2)CC1=O. The first-order valence-electron chi connectivity index (χ1n) is 20.3. The van der Waals surface area contributed by atoms with Crippen LogP contribution in [0.1, 0.15) is 145 Å². The molecule has 51 heavy (non-hydrogen) atoms. The van der Waals surface area contributed by atoms with Crippen molar-refractivity contribution in [3.8, 4) is 0 Å². The molecule has 2 N–H and O–H groups in total. The number of nitrogens with one attached hydrogen (secondary N) is 1.